The SMILES string of the molecule is N#CC(N)Cn1cc(I)cn1. The highest BCUT2D eigenvalue weighted by atomic mass is 127. The summed E-state index contributed by atoms with van der Waals surface area (Å²) < 4.78 is 2.71. The number of halogens is 1. The van der Waals surface area contributed by atoms with Gasteiger partial charge in [-0.05, 0) is 22.6 Å². The van der Waals surface area contributed by atoms with Gasteiger partial charge in [0, 0.05) is 6.20 Å². The molecule has 0 radical (unpaired) electrons. The number of nitriles is 1. The minimum atomic E-state index is -0.467. The van der Waals surface area contributed by atoms with Crippen molar-refractivity contribution in [3.63, 3.8) is 0 Å². The van der Waals surface area contributed by atoms with Crippen LogP contribution in [0.1, 0.15) is 0 Å². The highest BCUT2D eigenvalue weighted by Crippen LogP contribution is 2.00. The van der Waals surface area contributed by atoms with E-state index in [1.165, 1.54) is 0 Å². The van der Waals surface area contributed by atoms with E-state index in [1.807, 2.05) is 12.3 Å². The lowest BCUT2D eigenvalue weighted by atomic mass is 10.3. The molecule has 4 nitrogen and oxygen atoms in total. The minimum Gasteiger partial charge on any atom is -0.314 e. The molecule has 1 rings (SSSR count). The lowest BCUT2D eigenvalue weighted by Gasteiger charge is -2.00. The molecule has 1 unspecified atom stereocenters. The topological polar surface area (TPSA) is 67.6 Å². The summed E-state index contributed by atoms with van der Waals surface area (Å²) in [4.78, 5) is 0. The van der Waals surface area contributed by atoms with Crippen LogP contribution in [0.4, 0.5) is 0 Å². The molecule has 58 valence electrons. The predicted molar refractivity (Wildman–Crippen MR) is 48.5 cm³/mol. The molecule has 1 atom stereocenters. The van der Waals surface area contributed by atoms with E-state index >= 15 is 0 Å². The monoisotopic (exact) mass is 262 g/mol. The lowest BCUT2D eigenvalue weighted by Crippen LogP contribution is -2.24. The van der Waals surface area contributed by atoms with Crippen LogP contribution in [0.2, 0.25) is 0 Å². The summed E-state index contributed by atoms with van der Waals surface area (Å²) in [7, 11) is 0. The molecular weight excluding hydrogens is 255 g/mol. The first-order valence-electron chi connectivity index (χ1n) is 3.05. The van der Waals surface area contributed by atoms with Crippen molar-refractivity contribution >= 4 is 22.6 Å². The molecule has 0 saturated heterocycles. The average molecular weight is 262 g/mol. The lowest BCUT2D eigenvalue weighted by molar-refractivity contribution is 0.574. The Kier molecular flexibility index (Phi) is 2.84. The van der Waals surface area contributed by atoms with E-state index in [-0.39, 0.29) is 0 Å². The van der Waals surface area contributed by atoms with Gasteiger partial charge in [0.15, 0.2) is 0 Å². The summed E-state index contributed by atoms with van der Waals surface area (Å²) in [5, 5.41) is 12.4. The molecule has 1 aromatic rings. The zero-order valence-corrected chi connectivity index (χ0v) is 7.89. The van der Waals surface area contributed by atoms with Crippen molar-refractivity contribution in [3.05, 3.63) is 16.0 Å². The fourth-order valence-corrected chi connectivity index (χ4v) is 1.13. The first-order chi connectivity index (χ1) is 5.22. The van der Waals surface area contributed by atoms with Gasteiger partial charge in [-0.2, -0.15) is 10.4 Å². The Morgan fingerprint density at radius 1 is 1.91 bits per heavy atom. The Morgan fingerprint density at radius 2 is 2.64 bits per heavy atom. The summed E-state index contributed by atoms with van der Waals surface area (Å²) in [6.45, 7) is 0.458. The number of aromatic nitrogens is 2. The van der Waals surface area contributed by atoms with Crippen molar-refractivity contribution in [1.82, 2.24) is 9.78 Å². The molecule has 11 heavy (non-hydrogen) atoms. The van der Waals surface area contributed by atoms with Crippen LogP contribution in [-0.2, 0) is 6.54 Å². The van der Waals surface area contributed by atoms with Crippen molar-refractivity contribution < 1.29 is 0 Å². The molecule has 0 saturated carbocycles. The number of rotatable bonds is 2. The van der Waals surface area contributed by atoms with Crippen LogP contribution in [-0.4, -0.2) is 15.8 Å². The average Bonchev–Trinajstić information content (AvgIpc) is 2.35. The molecule has 1 heterocycles. The van der Waals surface area contributed by atoms with Crippen molar-refractivity contribution in [3.8, 4) is 6.07 Å². The molecule has 0 bridgehead atoms. The van der Waals surface area contributed by atoms with Crippen LogP contribution in [0.25, 0.3) is 0 Å². The van der Waals surface area contributed by atoms with E-state index in [9.17, 15) is 0 Å². The molecule has 0 aliphatic heterocycles. The summed E-state index contributed by atoms with van der Waals surface area (Å²) in [6, 6.07) is 1.47. The third-order valence-electron chi connectivity index (χ3n) is 1.15. The second-order valence-electron chi connectivity index (χ2n) is 2.12. The Bertz CT molecular complexity index is 274. The molecule has 0 spiro atoms. The van der Waals surface area contributed by atoms with E-state index in [0.29, 0.717) is 6.54 Å². The van der Waals surface area contributed by atoms with E-state index < -0.39 is 6.04 Å². The summed E-state index contributed by atoms with van der Waals surface area (Å²) >= 11 is 2.15. The Balaban J connectivity index is 2.59. The quantitative estimate of drug-likeness (QED) is 0.781. The van der Waals surface area contributed by atoms with Crippen LogP contribution in [0.3, 0.4) is 0 Å². The van der Waals surface area contributed by atoms with Crippen molar-refractivity contribution in [1.29, 1.82) is 5.26 Å². The molecule has 1 aromatic heterocycles. The van der Waals surface area contributed by atoms with E-state index in [0.717, 1.165) is 3.57 Å². The van der Waals surface area contributed by atoms with Gasteiger partial charge in [0.05, 0.1) is 22.4 Å². The van der Waals surface area contributed by atoms with Gasteiger partial charge in [0.25, 0.3) is 0 Å². The highest BCUT2D eigenvalue weighted by molar-refractivity contribution is 14.1. The van der Waals surface area contributed by atoms with Gasteiger partial charge in [-0.25, -0.2) is 0 Å². The Hall–Kier alpha value is -0.610. The molecule has 0 amide bonds. The smallest absolute Gasteiger partial charge is 0.113 e. The Labute approximate surface area is 78.1 Å². The first kappa shape index (κ1) is 8.49. The van der Waals surface area contributed by atoms with E-state index in [2.05, 4.69) is 27.7 Å². The van der Waals surface area contributed by atoms with Gasteiger partial charge in [-0.15, -0.1) is 0 Å². The molecule has 0 aliphatic rings. The van der Waals surface area contributed by atoms with E-state index in [4.69, 9.17) is 11.0 Å². The third-order valence-corrected chi connectivity index (χ3v) is 1.71. The van der Waals surface area contributed by atoms with Gasteiger partial charge >= 0.3 is 0 Å². The molecule has 5 heteroatoms. The zero-order valence-electron chi connectivity index (χ0n) is 5.74. The summed E-state index contributed by atoms with van der Waals surface area (Å²) in [5.41, 5.74) is 5.39. The van der Waals surface area contributed by atoms with Crippen molar-refractivity contribution in [2.24, 2.45) is 5.73 Å². The highest BCUT2D eigenvalue weighted by Gasteiger charge is 2.01. The second-order valence-corrected chi connectivity index (χ2v) is 3.36. The third kappa shape index (κ3) is 2.48. The second kappa shape index (κ2) is 3.69. The maximum atomic E-state index is 8.38. The fourth-order valence-electron chi connectivity index (χ4n) is 0.681. The molecule has 0 fully saturated rings. The standard InChI is InChI=1S/C6H7IN4/c7-5-2-10-11(3-5)4-6(9)1-8/h2-3,6H,4,9H2. The molecular formula is C6H7IN4. The predicted octanol–water partition coefficient (Wildman–Crippen LogP) is 0.339. The number of nitrogens with zero attached hydrogens (tertiary/aromatic N) is 3. The summed E-state index contributed by atoms with van der Waals surface area (Å²) in [5.74, 6) is 0. The number of nitrogens with two attached hydrogens (primary N) is 1. The van der Waals surface area contributed by atoms with Gasteiger partial charge in [0.2, 0.25) is 0 Å². The largest absolute Gasteiger partial charge is 0.314 e. The fraction of sp³-hybridized carbons (Fsp3) is 0.333. The van der Waals surface area contributed by atoms with E-state index in [1.54, 1.807) is 10.9 Å². The van der Waals surface area contributed by atoms with Gasteiger partial charge in [-0.3, -0.25) is 4.68 Å². The van der Waals surface area contributed by atoms with Crippen LogP contribution in [0, 0.1) is 14.9 Å². The Morgan fingerprint density at radius 3 is 3.09 bits per heavy atom. The van der Waals surface area contributed by atoms with Gasteiger partial charge < -0.3 is 5.73 Å². The zero-order chi connectivity index (χ0) is 8.27. The summed E-state index contributed by atoms with van der Waals surface area (Å²) in [6.07, 6.45) is 3.57. The molecule has 2 N–H and O–H groups in total. The van der Waals surface area contributed by atoms with Gasteiger partial charge in [0.1, 0.15) is 6.04 Å². The van der Waals surface area contributed by atoms with Gasteiger partial charge in [-0.1, -0.05) is 0 Å². The van der Waals surface area contributed by atoms with Crippen molar-refractivity contribution in [2.45, 2.75) is 12.6 Å². The number of hydrogen-bond acceptors (Lipinski definition) is 3. The van der Waals surface area contributed by atoms with Crippen LogP contribution < -0.4 is 5.73 Å². The van der Waals surface area contributed by atoms with Crippen LogP contribution in [0.15, 0.2) is 12.4 Å². The first-order valence-corrected chi connectivity index (χ1v) is 4.13. The van der Waals surface area contributed by atoms with Crippen LogP contribution in [0.5, 0.6) is 0 Å². The maximum Gasteiger partial charge on any atom is 0.113 e. The number of hydrogen-bond donors (Lipinski definition) is 1. The normalized spacial score (nSPS) is 12.5. The molecule has 0 aromatic carbocycles. The minimum absolute atomic E-state index is 0.458. The van der Waals surface area contributed by atoms with Crippen molar-refractivity contribution in [2.75, 3.05) is 0 Å². The maximum absolute atomic E-state index is 8.38. The molecule has 0 aliphatic carbocycles. The van der Waals surface area contributed by atoms with Crippen LogP contribution >= 0.6 is 22.6 Å².